The van der Waals surface area contributed by atoms with Gasteiger partial charge in [0.15, 0.2) is 0 Å². The molecule has 30 heavy (non-hydrogen) atoms. The summed E-state index contributed by atoms with van der Waals surface area (Å²) in [6.07, 6.45) is 2.76. The van der Waals surface area contributed by atoms with E-state index < -0.39 is 0 Å². The van der Waals surface area contributed by atoms with E-state index in [9.17, 15) is 9.59 Å². The quantitative estimate of drug-likeness (QED) is 0.475. The minimum Gasteiger partial charge on any atom is -0.326 e. The fourth-order valence-corrected chi connectivity index (χ4v) is 4.79. The van der Waals surface area contributed by atoms with E-state index >= 15 is 0 Å². The molecule has 1 aliphatic rings. The van der Waals surface area contributed by atoms with Crippen LogP contribution >= 0.6 is 24.0 Å². The number of thioether (sulfide) groups is 1. The monoisotopic (exact) mass is 438 g/mol. The van der Waals surface area contributed by atoms with Crippen LogP contribution in [0.1, 0.15) is 40.7 Å². The number of aryl methyl sites for hydroxylation is 4. The average Bonchev–Trinajstić information content (AvgIpc) is 2.94. The number of rotatable bonds is 6. The minimum atomic E-state index is -0.0868. The normalized spacial score (nSPS) is 15.2. The van der Waals surface area contributed by atoms with E-state index in [4.69, 9.17) is 12.2 Å². The Labute approximate surface area is 187 Å². The second kappa shape index (κ2) is 9.58. The van der Waals surface area contributed by atoms with Crippen molar-refractivity contribution in [3.05, 3.63) is 69.1 Å². The molecule has 0 aromatic heterocycles. The predicted molar refractivity (Wildman–Crippen MR) is 130 cm³/mol. The second-order valence-corrected chi connectivity index (χ2v) is 9.35. The molecule has 0 spiro atoms. The first-order chi connectivity index (χ1) is 14.2. The molecule has 1 aliphatic heterocycles. The first kappa shape index (κ1) is 22.2. The molecule has 6 heteroatoms. The first-order valence-corrected chi connectivity index (χ1v) is 11.2. The third kappa shape index (κ3) is 5.37. The summed E-state index contributed by atoms with van der Waals surface area (Å²) in [6.45, 7) is 8.50. The lowest BCUT2D eigenvalue weighted by molar-refractivity contribution is -0.122. The van der Waals surface area contributed by atoms with Gasteiger partial charge in [0.1, 0.15) is 4.32 Å². The summed E-state index contributed by atoms with van der Waals surface area (Å²) in [5.74, 6) is -0.137. The number of nitrogens with one attached hydrogen (secondary N) is 1. The largest absolute Gasteiger partial charge is 0.326 e. The highest BCUT2D eigenvalue weighted by atomic mass is 32.2. The molecule has 1 heterocycles. The van der Waals surface area contributed by atoms with Crippen LogP contribution in [0, 0.1) is 27.7 Å². The molecule has 4 nitrogen and oxygen atoms in total. The third-order valence-corrected chi connectivity index (χ3v) is 6.35. The summed E-state index contributed by atoms with van der Waals surface area (Å²) in [6, 6.07) is 12.1. The van der Waals surface area contributed by atoms with E-state index in [1.54, 1.807) is 4.90 Å². The molecule has 1 N–H and O–H groups in total. The summed E-state index contributed by atoms with van der Waals surface area (Å²) in [5, 5.41) is 3.01. The predicted octanol–water partition coefficient (Wildman–Crippen LogP) is 5.54. The van der Waals surface area contributed by atoms with Gasteiger partial charge in [0.25, 0.3) is 5.91 Å². The van der Waals surface area contributed by atoms with Gasteiger partial charge >= 0.3 is 0 Å². The number of hydrogen-bond donors (Lipinski definition) is 1. The number of thiocarbonyl (C=S) groups is 1. The minimum absolute atomic E-state index is 0.0503. The van der Waals surface area contributed by atoms with Crippen molar-refractivity contribution in [3.8, 4) is 0 Å². The summed E-state index contributed by atoms with van der Waals surface area (Å²) in [5.41, 5.74) is 6.31. The Morgan fingerprint density at radius 3 is 2.33 bits per heavy atom. The Hall–Kier alpha value is -2.44. The molecule has 1 saturated heterocycles. The van der Waals surface area contributed by atoms with Gasteiger partial charge in [-0.1, -0.05) is 71.5 Å². The van der Waals surface area contributed by atoms with Crippen molar-refractivity contribution in [2.75, 3.05) is 11.9 Å². The van der Waals surface area contributed by atoms with Crippen LogP contribution in [-0.2, 0) is 9.59 Å². The topological polar surface area (TPSA) is 49.4 Å². The van der Waals surface area contributed by atoms with Gasteiger partial charge < -0.3 is 5.32 Å². The van der Waals surface area contributed by atoms with E-state index in [0.717, 1.165) is 22.4 Å². The summed E-state index contributed by atoms with van der Waals surface area (Å²) < 4.78 is 0.545. The van der Waals surface area contributed by atoms with Crippen LogP contribution in [0.2, 0.25) is 0 Å². The molecule has 0 aliphatic carbocycles. The standard InChI is InChI=1S/C24H26N2O2S2/c1-15-7-9-19(10-8-15)14-20-23(28)26(24(29)30-20)11-5-6-21(27)25-22-17(3)12-16(2)13-18(22)4/h7-10,12-14H,5-6,11H2,1-4H3,(H,25,27)/b20-14+. The maximum absolute atomic E-state index is 12.7. The highest BCUT2D eigenvalue weighted by Gasteiger charge is 2.31. The molecular formula is C24H26N2O2S2. The van der Waals surface area contributed by atoms with Crippen LogP contribution in [0.15, 0.2) is 41.3 Å². The van der Waals surface area contributed by atoms with Gasteiger partial charge in [0, 0.05) is 18.7 Å². The Balaban J connectivity index is 1.56. The Morgan fingerprint density at radius 2 is 1.70 bits per heavy atom. The molecular weight excluding hydrogens is 412 g/mol. The number of nitrogens with zero attached hydrogens (tertiary/aromatic N) is 1. The number of carbonyl (C=O) groups is 2. The average molecular weight is 439 g/mol. The molecule has 156 valence electrons. The molecule has 2 aromatic carbocycles. The number of carbonyl (C=O) groups excluding carboxylic acids is 2. The molecule has 1 fully saturated rings. The van der Waals surface area contributed by atoms with Gasteiger partial charge in [-0.05, 0) is 56.9 Å². The van der Waals surface area contributed by atoms with Crippen molar-refractivity contribution >= 4 is 51.9 Å². The van der Waals surface area contributed by atoms with Crippen LogP contribution in [0.5, 0.6) is 0 Å². The van der Waals surface area contributed by atoms with Crippen LogP contribution in [0.25, 0.3) is 6.08 Å². The van der Waals surface area contributed by atoms with Gasteiger partial charge in [-0.3, -0.25) is 14.5 Å². The van der Waals surface area contributed by atoms with E-state index in [1.165, 1.54) is 22.9 Å². The zero-order valence-electron chi connectivity index (χ0n) is 17.7. The van der Waals surface area contributed by atoms with Crippen molar-refractivity contribution < 1.29 is 9.59 Å². The van der Waals surface area contributed by atoms with Crippen LogP contribution < -0.4 is 5.32 Å². The molecule has 0 unspecified atom stereocenters. The van der Waals surface area contributed by atoms with Gasteiger partial charge in [0.2, 0.25) is 5.91 Å². The highest BCUT2D eigenvalue weighted by molar-refractivity contribution is 8.26. The third-order valence-electron chi connectivity index (χ3n) is 4.98. The van der Waals surface area contributed by atoms with Crippen molar-refractivity contribution in [1.29, 1.82) is 0 Å². The lowest BCUT2D eigenvalue weighted by atomic mass is 10.0. The fourth-order valence-electron chi connectivity index (χ4n) is 3.48. The number of amides is 2. The van der Waals surface area contributed by atoms with Gasteiger partial charge in [-0.15, -0.1) is 0 Å². The lowest BCUT2D eigenvalue weighted by Crippen LogP contribution is -2.29. The molecule has 0 saturated carbocycles. The fraction of sp³-hybridized carbons (Fsp3) is 0.292. The van der Waals surface area contributed by atoms with Crippen molar-refractivity contribution in [3.63, 3.8) is 0 Å². The molecule has 0 atom stereocenters. The SMILES string of the molecule is Cc1ccc(/C=C2/SC(=S)N(CCCC(=O)Nc3c(C)cc(C)cc3C)C2=O)cc1. The van der Waals surface area contributed by atoms with E-state index in [2.05, 4.69) is 17.4 Å². The van der Waals surface area contributed by atoms with Crippen molar-refractivity contribution in [1.82, 2.24) is 4.90 Å². The van der Waals surface area contributed by atoms with E-state index in [1.807, 2.05) is 58.0 Å². The van der Waals surface area contributed by atoms with Gasteiger partial charge in [0.05, 0.1) is 4.91 Å². The summed E-state index contributed by atoms with van der Waals surface area (Å²) in [7, 11) is 0. The zero-order valence-corrected chi connectivity index (χ0v) is 19.4. The number of hydrogen-bond acceptors (Lipinski definition) is 4. The van der Waals surface area contributed by atoms with Gasteiger partial charge in [-0.25, -0.2) is 0 Å². The Kier molecular flexibility index (Phi) is 7.10. The second-order valence-electron chi connectivity index (χ2n) is 7.67. The van der Waals surface area contributed by atoms with Crippen LogP contribution in [0.3, 0.4) is 0 Å². The van der Waals surface area contributed by atoms with Gasteiger partial charge in [-0.2, -0.15) is 0 Å². The zero-order chi connectivity index (χ0) is 21.8. The molecule has 2 amide bonds. The molecule has 0 radical (unpaired) electrons. The maximum Gasteiger partial charge on any atom is 0.266 e. The molecule has 2 aromatic rings. The van der Waals surface area contributed by atoms with Crippen molar-refractivity contribution in [2.45, 2.75) is 40.5 Å². The highest BCUT2D eigenvalue weighted by Crippen LogP contribution is 2.32. The lowest BCUT2D eigenvalue weighted by Gasteiger charge is -2.15. The number of benzene rings is 2. The first-order valence-electron chi connectivity index (χ1n) is 9.94. The van der Waals surface area contributed by atoms with Crippen LogP contribution in [-0.4, -0.2) is 27.6 Å². The van der Waals surface area contributed by atoms with E-state index in [-0.39, 0.29) is 11.8 Å². The smallest absolute Gasteiger partial charge is 0.266 e. The maximum atomic E-state index is 12.7. The summed E-state index contributed by atoms with van der Waals surface area (Å²) in [4.78, 5) is 27.3. The Morgan fingerprint density at radius 1 is 1.07 bits per heavy atom. The van der Waals surface area contributed by atoms with Crippen molar-refractivity contribution in [2.24, 2.45) is 0 Å². The van der Waals surface area contributed by atoms with E-state index in [0.29, 0.717) is 28.6 Å². The molecule has 0 bridgehead atoms. The summed E-state index contributed by atoms with van der Waals surface area (Å²) >= 11 is 6.70. The van der Waals surface area contributed by atoms with Crippen LogP contribution in [0.4, 0.5) is 5.69 Å². The molecule has 3 rings (SSSR count). The Bertz CT molecular complexity index is 1000. The number of anilines is 1.